The average Bonchev–Trinajstić information content (AvgIpc) is 2.23. The summed E-state index contributed by atoms with van der Waals surface area (Å²) in [6, 6.07) is 2.28. The first-order valence-corrected chi connectivity index (χ1v) is 10.3. The van der Waals surface area contributed by atoms with E-state index in [0.717, 1.165) is 12.1 Å². The molecule has 11 heavy (non-hydrogen) atoms. The van der Waals surface area contributed by atoms with E-state index in [1.54, 1.807) is 0 Å². The number of hydrogen-bond donors (Lipinski definition) is 1. The number of hydrogen-bond acceptors (Lipinski definition) is 2. The van der Waals surface area contributed by atoms with Gasteiger partial charge in [-0.2, -0.15) is 0 Å². The molecule has 0 amide bonds. The van der Waals surface area contributed by atoms with Gasteiger partial charge in [0.25, 0.3) is 0 Å². The molecule has 2 bridgehead atoms. The Bertz CT molecular complexity index is 162. The van der Waals surface area contributed by atoms with Crippen LogP contribution in [0.15, 0.2) is 0 Å². The van der Waals surface area contributed by atoms with E-state index in [-0.39, 0.29) is 0 Å². The van der Waals surface area contributed by atoms with Gasteiger partial charge in [-0.3, -0.25) is 0 Å². The molecule has 62 valence electrons. The molecule has 0 aromatic carbocycles. The van der Waals surface area contributed by atoms with Crippen LogP contribution >= 0.6 is 18.6 Å². The summed E-state index contributed by atoms with van der Waals surface area (Å²) >= 11 is 2.54. The van der Waals surface area contributed by atoms with Crippen LogP contribution < -0.4 is 5.73 Å². The second kappa shape index (κ2) is 3.51. The Morgan fingerprint density at radius 3 is 2.27 bits per heavy atom. The summed E-state index contributed by atoms with van der Waals surface area (Å²) in [6.45, 7) is 0. The fraction of sp³-hybridized carbons (Fsp3) is 1.00. The molecule has 2 unspecified atom stereocenters. The third-order valence-electron chi connectivity index (χ3n) is 2.82. The molecular weight excluding hydrogens is 266 g/mol. The fourth-order valence-electron chi connectivity index (χ4n) is 2.36. The zero-order valence-electron chi connectivity index (χ0n) is 6.67. The van der Waals surface area contributed by atoms with Gasteiger partial charge in [-0.1, -0.05) is 0 Å². The molecule has 2 aliphatic rings. The molecule has 0 radical (unpaired) electrons. The maximum atomic E-state index is 5.96. The van der Waals surface area contributed by atoms with Gasteiger partial charge in [-0.25, -0.2) is 0 Å². The van der Waals surface area contributed by atoms with Crippen molar-refractivity contribution in [1.82, 2.24) is 3.11 Å². The van der Waals surface area contributed by atoms with Gasteiger partial charge in [0, 0.05) is 0 Å². The number of nitrogens with zero attached hydrogens (tertiary/aromatic N) is 1. The standard InChI is InChI=1S/C7H13IN2.Al.H/c8-10-6-1-2-7(10)4-5(9)3-6;;/h5-7H,1-4,9H2;;. The van der Waals surface area contributed by atoms with Gasteiger partial charge >= 0.3 is 83.7 Å². The van der Waals surface area contributed by atoms with Crippen LogP contribution in [0.2, 0.25) is 0 Å². The normalized spacial score (nSPS) is 44.5. The molecule has 0 aromatic heterocycles. The Kier molecular flexibility index (Phi) is 2.79. The molecule has 2 saturated heterocycles. The van der Waals surface area contributed by atoms with Crippen molar-refractivity contribution in [3.8, 4) is 0 Å². The number of rotatable bonds is 1. The van der Waals surface area contributed by atoms with Crippen molar-refractivity contribution in [3.63, 3.8) is 0 Å². The monoisotopic (exact) mass is 280 g/mol. The first kappa shape index (κ1) is 8.77. The quantitative estimate of drug-likeness (QED) is 0.434. The molecule has 2 N–H and O–H groups in total. The Morgan fingerprint density at radius 2 is 1.82 bits per heavy atom. The maximum absolute atomic E-state index is 5.96. The predicted octanol–water partition coefficient (Wildman–Crippen LogP) is 0.642. The van der Waals surface area contributed by atoms with Crippen molar-refractivity contribution >= 4 is 31.0 Å². The third-order valence-corrected chi connectivity index (χ3v) is 7.03. The van der Waals surface area contributed by atoms with Crippen molar-refractivity contribution in [1.29, 1.82) is 0 Å². The summed E-state index contributed by atoms with van der Waals surface area (Å²) in [7, 11) is 0. The van der Waals surface area contributed by atoms with Gasteiger partial charge < -0.3 is 0 Å². The van der Waals surface area contributed by atoms with E-state index >= 15 is 0 Å². The van der Waals surface area contributed by atoms with Crippen molar-refractivity contribution in [2.24, 2.45) is 5.73 Å². The van der Waals surface area contributed by atoms with Crippen LogP contribution in [0.3, 0.4) is 0 Å². The topological polar surface area (TPSA) is 29.3 Å². The summed E-state index contributed by atoms with van der Waals surface area (Å²) in [5.41, 5.74) is 5.96. The summed E-state index contributed by atoms with van der Waals surface area (Å²) < 4.78 is 2.76. The van der Waals surface area contributed by atoms with Crippen LogP contribution in [0.4, 0.5) is 0 Å². The van der Waals surface area contributed by atoms with Gasteiger partial charge in [0.2, 0.25) is 0 Å². The second-order valence-corrected chi connectivity index (χ2v) is 6.98. The van der Waals surface area contributed by atoms with Gasteiger partial charge in [0.1, 0.15) is 0 Å². The van der Waals surface area contributed by atoms with Crippen molar-refractivity contribution in [2.75, 3.05) is 0 Å². The molecule has 0 aliphatic carbocycles. The Morgan fingerprint density at radius 1 is 1.27 bits per heavy atom. The second-order valence-electron chi connectivity index (χ2n) is 3.58. The Labute approximate surface area is 83.3 Å². The zero-order valence-corrected chi connectivity index (χ0v) is 10.2. The van der Waals surface area contributed by atoms with Crippen LogP contribution in [-0.2, 0) is 0 Å². The minimum atomic E-state index is 0.354. The van der Waals surface area contributed by atoms with Gasteiger partial charge in [-0.15, -0.1) is 0 Å². The number of fused-ring (bicyclic) bond motifs is 2. The van der Waals surface area contributed by atoms with Crippen LogP contribution in [-0.4, -0.2) is 33.7 Å². The first-order valence-electron chi connectivity index (χ1n) is 4.24. The Hall–Kier alpha value is 1.18. The first-order chi connectivity index (χ1) is 5.31. The minimum absolute atomic E-state index is 0.354. The van der Waals surface area contributed by atoms with E-state index in [9.17, 15) is 0 Å². The Balaban J connectivity index is 2.12. The van der Waals surface area contributed by atoms with E-state index < -0.39 is 0 Å². The molecule has 2 atom stereocenters. The summed E-state index contributed by atoms with van der Waals surface area (Å²) in [4.78, 5) is 0. The molecule has 0 spiro atoms. The zero-order chi connectivity index (χ0) is 7.84. The molecule has 2 aliphatic heterocycles. The third kappa shape index (κ3) is 1.61. The van der Waals surface area contributed by atoms with E-state index in [1.807, 2.05) is 0 Å². The van der Waals surface area contributed by atoms with Crippen LogP contribution in [0, 0.1) is 0 Å². The molecule has 4 heteroatoms. The molecular formula is C7H14AlIN2. The molecule has 0 aromatic rings. The van der Waals surface area contributed by atoms with Crippen LogP contribution in [0.1, 0.15) is 25.7 Å². The van der Waals surface area contributed by atoms with Crippen molar-refractivity contribution in [3.05, 3.63) is 0 Å². The number of nitrogens with two attached hydrogens (primary N) is 1. The van der Waals surface area contributed by atoms with Gasteiger partial charge in [-0.05, 0) is 0 Å². The van der Waals surface area contributed by atoms with E-state index in [1.165, 1.54) is 25.7 Å². The van der Waals surface area contributed by atoms with Crippen LogP contribution in [0.5, 0.6) is 0 Å². The van der Waals surface area contributed by atoms with Crippen molar-refractivity contribution in [2.45, 2.75) is 43.8 Å². The molecule has 2 nitrogen and oxygen atoms in total. The van der Waals surface area contributed by atoms with E-state index in [4.69, 9.17) is 5.73 Å². The van der Waals surface area contributed by atoms with E-state index in [2.05, 4.69) is 15.5 Å². The molecule has 2 fully saturated rings. The molecule has 0 saturated carbocycles. The SMILES string of the molecule is NC1CC2CCC(C1)N2[I]=[AlH]. The number of piperidine rings is 1. The van der Waals surface area contributed by atoms with Crippen molar-refractivity contribution < 1.29 is 0 Å². The number of halogens is 1. The predicted molar refractivity (Wildman–Crippen MR) is 57.0 cm³/mol. The molecule has 2 heterocycles. The molecule has 2 rings (SSSR count). The summed E-state index contributed by atoms with van der Waals surface area (Å²) in [5, 5.41) is 0. The van der Waals surface area contributed by atoms with E-state index in [0.29, 0.717) is 24.6 Å². The van der Waals surface area contributed by atoms with Gasteiger partial charge in [0.05, 0.1) is 0 Å². The van der Waals surface area contributed by atoms with Crippen LogP contribution in [0.25, 0.3) is 0 Å². The average molecular weight is 280 g/mol. The summed E-state index contributed by atoms with van der Waals surface area (Å²) in [6.07, 6.45) is 5.40. The summed E-state index contributed by atoms with van der Waals surface area (Å²) in [5.74, 6) is 0. The fourth-order valence-corrected chi connectivity index (χ4v) is 7.10. The van der Waals surface area contributed by atoms with Gasteiger partial charge in [0.15, 0.2) is 0 Å².